The second-order valence-electron chi connectivity index (χ2n) is 9.32. The zero-order chi connectivity index (χ0) is 39.3. The van der Waals surface area contributed by atoms with Gasteiger partial charge in [-0.3, -0.25) is 0 Å². The lowest BCUT2D eigenvalue weighted by Gasteiger charge is -2.16. The van der Waals surface area contributed by atoms with Crippen LogP contribution in [-0.2, 0) is 0 Å². The van der Waals surface area contributed by atoms with Crippen molar-refractivity contribution in [3.8, 4) is 22.5 Å². The molecule has 0 bridgehead atoms. The predicted molar refractivity (Wildman–Crippen MR) is 167 cm³/mol. The van der Waals surface area contributed by atoms with E-state index in [-0.39, 0.29) is 32.9 Å². The average Bonchev–Trinajstić information content (AvgIpc) is 3.78. The van der Waals surface area contributed by atoms with E-state index >= 15 is 0 Å². The van der Waals surface area contributed by atoms with Crippen LogP contribution < -0.4 is 0 Å². The van der Waals surface area contributed by atoms with Gasteiger partial charge in [-0.05, 0) is 73.8 Å². The van der Waals surface area contributed by atoms with Gasteiger partial charge in [-0.2, -0.15) is 0 Å². The molecule has 0 radical (unpaired) electrons. The number of rotatable bonds is 2. The first kappa shape index (κ1) is 11.8. The van der Waals surface area contributed by atoms with Gasteiger partial charge in [0.25, 0.3) is 0 Å². The molecule has 0 fully saturated rings. The molecule has 7 aromatic carbocycles. The number of hydrogen-bond acceptors (Lipinski definition) is 2. The lowest BCUT2D eigenvalue weighted by atomic mass is 9.87. The fourth-order valence-corrected chi connectivity index (χ4v) is 5.46. The van der Waals surface area contributed by atoms with Crippen molar-refractivity contribution in [2.75, 3.05) is 0 Å². The number of furan rings is 2. The third-order valence-corrected chi connectivity index (χ3v) is 7.15. The Hall–Kier alpha value is -5.34. The van der Waals surface area contributed by atoms with Crippen LogP contribution in [0.1, 0.15) is 20.6 Å². The second kappa shape index (κ2) is 8.08. The molecule has 0 N–H and O–H groups in total. The van der Waals surface area contributed by atoms with Gasteiger partial charge in [0, 0.05) is 16.3 Å². The second-order valence-corrected chi connectivity index (χ2v) is 9.32. The van der Waals surface area contributed by atoms with E-state index in [2.05, 4.69) is 0 Å². The van der Waals surface area contributed by atoms with Crippen molar-refractivity contribution in [2.24, 2.45) is 0 Å². The Morgan fingerprint density at radius 1 is 0.500 bits per heavy atom. The molecule has 0 unspecified atom stereocenters. The average molecular weight is 526 g/mol. The van der Waals surface area contributed by atoms with Crippen LogP contribution in [0.15, 0.2) is 142 Å². The summed E-state index contributed by atoms with van der Waals surface area (Å²) < 4.78 is 145. The summed E-state index contributed by atoms with van der Waals surface area (Å²) in [4.78, 5) is 0. The van der Waals surface area contributed by atoms with Crippen LogP contribution in [0.4, 0.5) is 0 Å². The van der Waals surface area contributed by atoms with Gasteiger partial charge in [0.1, 0.15) is 22.5 Å². The van der Waals surface area contributed by atoms with Crippen LogP contribution in [-0.4, -0.2) is 0 Å². The zero-order valence-corrected chi connectivity index (χ0v) is 20.4. The van der Waals surface area contributed by atoms with Crippen LogP contribution >= 0.6 is 0 Å². The third-order valence-electron chi connectivity index (χ3n) is 7.15. The fourth-order valence-electron chi connectivity index (χ4n) is 5.46. The van der Waals surface area contributed by atoms with E-state index in [1.165, 1.54) is 0 Å². The molecule has 0 spiro atoms. The minimum Gasteiger partial charge on any atom is -0.456 e. The lowest BCUT2D eigenvalue weighted by Crippen LogP contribution is -1.90. The van der Waals surface area contributed by atoms with Crippen molar-refractivity contribution in [2.45, 2.75) is 0 Å². The van der Waals surface area contributed by atoms with Crippen molar-refractivity contribution in [3.05, 3.63) is 133 Å². The molecule has 0 saturated carbocycles. The molecule has 2 nitrogen and oxygen atoms in total. The van der Waals surface area contributed by atoms with Crippen LogP contribution in [0, 0.1) is 0 Å². The van der Waals surface area contributed by atoms with Gasteiger partial charge in [0.05, 0.1) is 25.9 Å². The van der Waals surface area contributed by atoms with Gasteiger partial charge in [-0.15, -0.1) is 0 Å². The smallest absolute Gasteiger partial charge is 0.146 e. The van der Waals surface area contributed by atoms with Gasteiger partial charge in [0.15, 0.2) is 0 Å². The monoisotopic (exact) mass is 525 g/mol. The van der Waals surface area contributed by atoms with Crippen molar-refractivity contribution >= 4 is 65.2 Å². The first-order chi connectivity index (χ1) is 26.1. The van der Waals surface area contributed by atoms with Crippen molar-refractivity contribution in [1.29, 1.82) is 0 Å². The quantitative estimate of drug-likeness (QED) is 0.210. The maximum absolute atomic E-state index is 9.37. The van der Waals surface area contributed by atoms with Gasteiger partial charge in [-0.25, -0.2) is 0 Å². The van der Waals surface area contributed by atoms with Crippen LogP contribution in [0.3, 0.4) is 0 Å². The van der Waals surface area contributed by atoms with E-state index in [4.69, 9.17) is 21.2 Å². The van der Waals surface area contributed by atoms with Crippen molar-refractivity contribution in [1.82, 2.24) is 0 Å². The molecule has 186 valence electrons. The standard InChI is InChI=1S/C38H22O2/c1-2-10-24-21-25(18-17-23(24)9-1)35-27-11-3-5-13-29(27)36(30-14-6-4-12-28(30)35)34-22-26-19-20-33-37(38(26)40-34)31-15-7-8-16-32(31)39-33/h1-22H/i1D,2D,3D,4D,5D,6D,9D,10D,11D,12D,13D,14D,17D,18D,21D. The van der Waals surface area contributed by atoms with Gasteiger partial charge in [-0.1, -0.05) is 103 Å². The maximum Gasteiger partial charge on any atom is 0.146 e. The van der Waals surface area contributed by atoms with Gasteiger partial charge >= 0.3 is 0 Å². The highest BCUT2D eigenvalue weighted by Crippen LogP contribution is 2.46. The van der Waals surface area contributed by atoms with Gasteiger partial charge < -0.3 is 8.83 Å². The molecule has 0 saturated heterocycles. The minimum atomic E-state index is -0.754. The number of benzene rings is 7. The number of fused-ring (bicyclic) bond motifs is 8. The molecule has 2 heterocycles. The van der Waals surface area contributed by atoms with Crippen LogP contribution in [0.2, 0.25) is 0 Å². The molecule has 9 aromatic rings. The van der Waals surface area contributed by atoms with E-state index in [0.29, 0.717) is 27.5 Å². The summed E-state index contributed by atoms with van der Waals surface area (Å²) in [6.07, 6.45) is 0. The molecule has 0 amide bonds. The predicted octanol–water partition coefficient (Wildman–Crippen LogP) is 11.1. The Labute approximate surface area is 250 Å². The summed E-state index contributed by atoms with van der Waals surface area (Å²) >= 11 is 0. The van der Waals surface area contributed by atoms with E-state index in [9.17, 15) is 8.22 Å². The Morgan fingerprint density at radius 3 is 1.95 bits per heavy atom. The molecular weight excluding hydrogens is 488 g/mol. The summed E-state index contributed by atoms with van der Waals surface area (Å²) in [6.45, 7) is 0. The lowest BCUT2D eigenvalue weighted by molar-refractivity contribution is 0.635. The molecule has 2 heteroatoms. The van der Waals surface area contributed by atoms with E-state index in [0.717, 1.165) is 5.39 Å². The van der Waals surface area contributed by atoms with Crippen LogP contribution in [0.25, 0.3) is 87.7 Å². The normalized spacial score (nSPS) is 17.2. The highest BCUT2D eigenvalue weighted by Gasteiger charge is 2.21. The molecule has 0 atom stereocenters. The first-order valence-corrected chi connectivity index (χ1v) is 12.4. The summed E-state index contributed by atoms with van der Waals surface area (Å²) in [7, 11) is 0. The molecule has 2 aromatic heterocycles. The Kier molecular flexibility index (Phi) is 2.39. The van der Waals surface area contributed by atoms with Crippen LogP contribution in [0.5, 0.6) is 0 Å². The number of hydrogen-bond donors (Lipinski definition) is 0. The largest absolute Gasteiger partial charge is 0.456 e. The molecule has 9 rings (SSSR count). The molecule has 0 aliphatic heterocycles. The topological polar surface area (TPSA) is 26.3 Å². The van der Waals surface area contributed by atoms with Gasteiger partial charge in [0.2, 0.25) is 0 Å². The fraction of sp³-hybridized carbons (Fsp3) is 0. The molecule has 0 aliphatic carbocycles. The molecule has 40 heavy (non-hydrogen) atoms. The molecular formula is C38H22O2. The van der Waals surface area contributed by atoms with E-state index in [1.807, 2.05) is 18.2 Å². The third kappa shape index (κ3) is 2.99. The zero-order valence-electron chi connectivity index (χ0n) is 35.4. The first-order valence-electron chi connectivity index (χ1n) is 19.9. The highest BCUT2D eigenvalue weighted by molar-refractivity contribution is 6.23. The summed E-state index contributed by atoms with van der Waals surface area (Å²) in [5, 5.41) is -0.192. The Balaban J connectivity index is 1.58. The number of para-hydroxylation sites is 1. The highest BCUT2D eigenvalue weighted by atomic mass is 16.3. The summed E-state index contributed by atoms with van der Waals surface area (Å²) in [6, 6.07) is 1.99. The maximum atomic E-state index is 9.37. The van der Waals surface area contributed by atoms with Crippen molar-refractivity contribution in [3.63, 3.8) is 0 Å². The molecule has 0 aliphatic rings. The SMILES string of the molecule is [2H]c1c([2H])c([2H])c2c([2H])c(-c3c4c([2H])c([2H])c([2H])c([2H])c4c(-c4cc5ccc6oc7ccccc7c6c5o4)c4c([2H])c([2H])c([2H])c([2H])c34)c([2H])c([2H])c2c1[2H]. The summed E-state index contributed by atoms with van der Waals surface area (Å²) in [5.41, 5.74) is 0.388. The Morgan fingerprint density at radius 2 is 1.18 bits per heavy atom. The van der Waals surface area contributed by atoms with E-state index in [1.54, 1.807) is 24.3 Å². The summed E-state index contributed by atoms with van der Waals surface area (Å²) in [5.74, 6) is -0.0182. The van der Waals surface area contributed by atoms with E-state index < -0.39 is 113 Å². The Bertz CT molecular complexity index is 3190. The minimum absolute atomic E-state index is 0.0182. The van der Waals surface area contributed by atoms with Crippen molar-refractivity contribution < 1.29 is 29.4 Å².